The van der Waals surface area contributed by atoms with Gasteiger partial charge in [0.25, 0.3) is 0 Å². The Morgan fingerprint density at radius 3 is 3.00 bits per heavy atom. The summed E-state index contributed by atoms with van der Waals surface area (Å²) in [4.78, 5) is 7.87. The lowest BCUT2D eigenvalue weighted by molar-refractivity contribution is 0.518. The van der Waals surface area contributed by atoms with Crippen molar-refractivity contribution in [2.24, 2.45) is 0 Å². The number of anilines is 2. The van der Waals surface area contributed by atoms with Crippen molar-refractivity contribution < 1.29 is 4.42 Å². The fraction of sp³-hybridized carbons (Fsp3) is 0.100. The molecule has 2 N–H and O–H groups in total. The predicted octanol–water partition coefficient (Wildman–Crippen LogP) is 1.57. The Kier molecular flexibility index (Phi) is 2.99. The van der Waals surface area contributed by atoms with Crippen LogP contribution in [0.5, 0.6) is 0 Å². The van der Waals surface area contributed by atoms with E-state index in [1.54, 1.807) is 18.5 Å². The van der Waals surface area contributed by atoms with Crippen molar-refractivity contribution in [2.45, 2.75) is 6.54 Å². The Morgan fingerprint density at radius 2 is 2.25 bits per heavy atom. The maximum absolute atomic E-state index is 8.43. The number of furan rings is 1. The van der Waals surface area contributed by atoms with Crippen molar-refractivity contribution in [3.8, 4) is 6.19 Å². The van der Waals surface area contributed by atoms with Gasteiger partial charge in [-0.05, 0) is 12.1 Å². The lowest BCUT2D eigenvalue weighted by Crippen LogP contribution is -2.02. The van der Waals surface area contributed by atoms with Gasteiger partial charge >= 0.3 is 0 Å². The van der Waals surface area contributed by atoms with Crippen LogP contribution < -0.4 is 10.6 Å². The third-order valence-electron chi connectivity index (χ3n) is 1.87. The molecule has 6 nitrogen and oxygen atoms in total. The molecule has 0 aliphatic rings. The van der Waals surface area contributed by atoms with Crippen LogP contribution in [-0.2, 0) is 6.54 Å². The number of hydrogen-bond donors (Lipinski definition) is 2. The molecule has 2 aromatic rings. The zero-order chi connectivity index (χ0) is 11.2. The highest BCUT2D eigenvalue weighted by atomic mass is 16.3. The van der Waals surface area contributed by atoms with Gasteiger partial charge in [0.15, 0.2) is 6.19 Å². The first-order valence-corrected chi connectivity index (χ1v) is 4.62. The molecule has 2 aromatic heterocycles. The molecule has 0 aliphatic heterocycles. The van der Waals surface area contributed by atoms with Gasteiger partial charge in [-0.1, -0.05) is 0 Å². The van der Waals surface area contributed by atoms with Gasteiger partial charge in [-0.3, -0.25) is 5.32 Å². The summed E-state index contributed by atoms with van der Waals surface area (Å²) in [6.07, 6.45) is 4.78. The SMILES string of the molecule is N#CNc1cc(NCc2ccco2)ncn1. The van der Waals surface area contributed by atoms with E-state index in [0.29, 0.717) is 18.2 Å². The smallest absolute Gasteiger partial charge is 0.182 e. The first-order valence-electron chi connectivity index (χ1n) is 4.62. The second kappa shape index (κ2) is 4.79. The molecule has 0 radical (unpaired) electrons. The van der Waals surface area contributed by atoms with Crippen molar-refractivity contribution in [3.63, 3.8) is 0 Å². The molecular weight excluding hydrogens is 206 g/mol. The predicted molar refractivity (Wildman–Crippen MR) is 57.3 cm³/mol. The highest BCUT2D eigenvalue weighted by Gasteiger charge is 1.99. The summed E-state index contributed by atoms with van der Waals surface area (Å²) < 4.78 is 5.16. The third kappa shape index (κ3) is 2.48. The van der Waals surface area contributed by atoms with Crippen molar-refractivity contribution >= 4 is 11.6 Å². The second-order valence-corrected chi connectivity index (χ2v) is 2.96. The van der Waals surface area contributed by atoms with E-state index in [-0.39, 0.29) is 0 Å². The molecule has 0 spiro atoms. The molecular formula is C10H9N5O. The average Bonchev–Trinajstić information content (AvgIpc) is 2.80. The molecule has 0 unspecified atom stereocenters. The van der Waals surface area contributed by atoms with Gasteiger partial charge in [-0.2, -0.15) is 5.26 Å². The van der Waals surface area contributed by atoms with Gasteiger partial charge in [0, 0.05) is 6.07 Å². The number of rotatable bonds is 4. The average molecular weight is 215 g/mol. The van der Waals surface area contributed by atoms with E-state index in [4.69, 9.17) is 9.68 Å². The summed E-state index contributed by atoms with van der Waals surface area (Å²) in [7, 11) is 0. The molecule has 0 aliphatic carbocycles. The summed E-state index contributed by atoms with van der Waals surface area (Å²) >= 11 is 0. The van der Waals surface area contributed by atoms with Crippen LogP contribution >= 0.6 is 0 Å². The summed E-state index contributed by atoms with van der Waals surface area (Å²) in [6.45, 7) is 0.538. The molecule has 0 atom stereocenters. The maximum atomic E-state index is 8.43. The molecule has 16 heavy (non-hydrogen) atoms. The molecule has 2 rings (SSSR count). The van der Waals surface area contributed by atoms with Crippen molar-refractivity contribution in [2.75, 3.05) is 10.6 Å². The van der Waals surface area contributed by atoms with Gasteiger partial charge in [-0.25, -0.2) is 9.97 Å². The van der Waals surface area contributed by atoms with E-state index in [9.17, 15) is 0 Å². The van der Waals surface area contributed by atoms with Gasteiger partial charge in [0.2, 0.25) is 0 Å². The van der Waals surface area contributed by atoms with Crippen LogP contribution in [0, 0.1) is 11.5 Å². The summed E-state index contributed by atoms with van der Waals surface area (Å²) in [5.74, 6) is 1.90. The highest BCUT2D eigenvalue weighted by Crippen LogP contribution is 2.09. The normalized spacial score (nSPS) is 9.44. The number of nitrogens with one attached hydrogen (secondary N) is 2. The Labute approximate surface area is 91.9 Å². The zero-order valence-corrected chi connectivity index (χ0v) is 8.34. The van der Waals surface area contributed by atoms with E-state index >= 15 is 0 Å². The summed E-state index contributed by atoms with van der Waals surface area (Å²) in [5, 5.41) is 13.9. The van der Waals surface area contributed by atoms with Gasteiger partial charge in [0.1, 0.15) is 23.7 Å². The minimum absolute atomic E-state index is 0.458. The van der Waals surface area contributed by atoms with Gasteiger partial charge in [0.05, 0.1) is 12.8 Å². The Hall–Kier alpha value is -2.55. The van der Waals surface area contributed by atoms with Crippen LogP contribution in [0.15, 0.2) is 35.2 Å². The van der Waals surface area contributed by atoms with Crippen molar-refractivity contribution in [1.82, 2.24) is 9.97 Å². The van der Waals surface area contributed by atoms with Crippen LogP contribution in [-0.4, -0.2) is 9.97 Å². The molecule has 0 bridgehead atoms. The fourth-order valence-electron chi connectivity index (χ4n) is 1.17. The minimum atomic E-state index is 0.458. The molecule has 0 fully saturated rings. The number of nitrogens with zero attached hydrogens (tertiary/aromatic N) is 3. The van der Waals surface area contributed by atoms with Gasteiger partial charge in [-0.15, -0.1) is 0 Å². The van der Waals surface area contributed by atoms with Crippen LogP contribution in [0.1, 0.15) is 5.76 Å². The van der Waals surface area contributed by atoms with Gasteiger partial charge < -0.3 is 9.73 Å². The quantitative estimate of drug-likeness (QED) is 0.594. The molecule has 0 saturated heterocycles. The molecule has 0 amide bonds. The number of aromatic nitrogens is 2. The Bertz CT molecular complexity index is 488. The van der Waals surface area contributed by atoms with E-state index < -0.39 is 0 Å². The maximum Gasteiger partial charge on any atom is 0.182 e. The monoisotopic (exact) mass is 215 g/mol. The lowest BCUT2D eigenvalue weighted by Gasteiger charge is -2.03. The minimum Gasteiger partial charge on any atom is -0.467 e. The van der Waals surface area contributed by atoms with Crippen molar-refractivity contribution in [1.29, 1.82) is 5.26 Å². The van der Waals surface area contributed by atoms with Crippen molar-refractivity contribution in [3.05, 3.63) is 36.5 Å². The molecule has 0 saturated carbocycles. The lowest BCUT2D eigenvalue weighted by atomic mass is 10.4. The van der Waals surface area contributed by atoms with Crippen LogP contribution in [0.3, 0.4) is 0 Å². The molecule has 6 heteroatoms. The van der Waals surface area contributed by atoms with E-state index in [1.165, 1.54) is 6.33 Å². The third-order valence-corrected chi connectivity index (χ3v) is 1.87. The number of hydrogen-bond acceptors (Lipinski definition) is 6. The fourth-order valence-corrected chi connectivity index (χ4v) is 1.17. The Balaban J connectivity index is 1.99. The zero-order valence-electron chi connectivity index (χ0n) is 8.34. The number of nitriles is 1. The molecule has 80 valence electrons. The van der Waals surface area contributed by atoms with Crippen LogP contribution in [0.2, 0.25) is 0 Å². The Morgan fingerprint density at radius 1 is 1.38 bits per heavy atom. The summed E-state index contributed by atoms with van der Waals surface area (Å²) in [6, 6.07) is 5.33. The molecule has 0 aromatic carbocycles. The highest BCUT2D eigenvalue weighted by molar-refractivity contribution is 5.48. The van der Waals surface area contributed by atoms with Crippen LogP contribution in [0.25, 0.3) is 0 Å². The molecule has 2 heterocycles. The first kappa shape index (κ1) is 9.98. The van der Waals surface area contributed by atoms with E-state index in [0.717, 1.165) is 5.76 Å². The summed E-state index contributed by atoms with van der Waals surface area (Å²) in [5.41, 5.74) is 0. The largest absolute Gasteiger partial charge is 0.467 e. The van der Waals surface area contributed by atoms with Crippen LogP contribution in [0.4, 0.5) is 11.6 Å². The topological polar surface area (TPSA) is 86.8 Å². The second-order valence-electron chi connectivity index (χ2n) is 2.96. The van der Waals surface area contributed by atoms with E-state index in [1.807, 2.05) is 12.1 Å². The van der Waals surface area contributed by atoms with E-state index in [2.05, 4.69) is 20.6 Å². The first-order chi connectivity index (χ1) is 7.88. The standard InChI is InChI=1S/C10H9N5O/c11-6-13-10-4-9(14-7-15-10)12-5-8-2-1-3-16-8/h1-4,7H,5H2,(H2,12,13,14,15).